The van der Waals surface area contributed by atoms with Gasteiger partial charge in [-0.2, -0.15) is 0 Å². The molecule has 2 fully saturated rings. The molecule has 132 valence electrons. The van der Waals surface area contributed by atoms with E-state index in [1.165, 1.54) is 24.3 Å². The van der Waals surface area contributed by atoms with Gasteiger partial charge in [0.2, 0.25) is 0 Å². The van der Waals surface area contributed by atoms with Crippen molar-refractivity contribution >= 4 is 11.7 Å². The summed E-state index contributed by atoms with van der Waals surface area (Å²) in [5.74, 6) is -0.389. The third kappa shape index (κ3) is 3.09. The summed E-state index contributed by atoms with van der Waals surface area (Å²) < 4.78 is 26.0. The lowest BCUT2D eigenvalue weighted by molar-refractivity contribution is -0.163. The molecular formula is C16H17FN4O4. The number of imidazole rings is 1. The Morgan fingerprint density at radius 3 is 2.88 bits per heavy atom. The first-order valence-electron chi connectivity index (χ1n) is 7.87. The maximum absolute atomic E-state index is 12.9. The molecule has 2 bridgehead atoms. The number of benzene rings is 1. The zero-order valence-corrected chi connectivity index (χ0v) is 13.1. The third-order valence-corrected chi connectivity index (χ3v) is 4.40. The van der Waals surface area contributed by atoms with Crippen LogP contribution in [0.1, 0.15) is 6.04 Å². The molecule has 0 unspecified atom stereocenters. The molecule has 2 aromatic rings. The van der Waals surface area contributed by atoms with Crippen molar-refractivity contribution in [3.63, 3.8) is 0 Å². The summed E-state index contributed by atoms with van der Waals surface area (Å²) in [5.41, 5.74) is 0.442. The second-order valence-corrected chi connectivity index (χ2v) is 6.00. The summed E-state index contributed by atoms with van der Waals surface area (Å²) in [6.07, 6.45) is 2.91. The molecule has 9 heteroatoms. The summed E-state index contributed by atoms with van der Waals surface area (Å²) in [7, 11) is 0. The molecule has 0 radical (unpaired) electrons. The Balaban J connectivity index is 1.47. The normalized spacial score (nSPS) is 30.9. The Morgan fingerprint density at radius 1 is 1.36 bits per heavy atom. The highest BCUT2D eigenvalue weighted by molar-refractivity contribution is 5.89. The van der Waals surface area contributed by atoms with Crippen molar-refractivity contribution in [1.82, 2.24) is 14.9 Å². The number of rotatable bonds is 3. The Bertz CT molecular complexity index is 739. The first kappa shape index (κ1) is 16.0. The van der Waals surface area contributed by atoms with E-state index < -0.39 is 36.6 Å². The van der Waals surface area contributed by atoms with Crippen LogP contribution in [-0.4, -0.2) is 51.8 Å². The summed E-state index contributed by atoms with van der Waals surface area (Å²) in [4.78, 5) is 16.2. The van der Waals surface area contributed by atoms with Crippen LogP contribution in [0.15, 0.2) is 43.0 Å². The number of urea groups is 1. The van der Waals surface area contributed by atoms with E-state index in [1.54, 1.807) is 23.3 Å². The molecule has 1 aromatic heterocycles. The van der Waals surface area contributed by atoms with Crippen molar-refractivity contribution in [2.75, 3.05) is 11.9 Å². The van der Waals surface area contributed by atoms with Gasteiger partial charge >= 0.3 is 6.03 Å². The minimum Gasteiger partial charge on any atom is -0.388 e. The van der Waals surface area contributed by atoms with Gasteiger partial charge in [0.1, 0.15) is 24.1 Å². The van der Waals surface area contributed by atoms with E-state index in [4.69, 9.17) is 9.47 Å². The molecule has 3 N–H and O–H groups in total. The van der Waals surface area contributed by atoms with Crippen LogP contribution >= 0.6 is 0 Å². The molecule has 0 spiro atoms. The van der Waals surface area contributed by atoms with Gasteiger partial charge in [-0.15, -0.1) is 0 Å². The van der Waals surface area contributed by atoms with E-state index in [-0.39, 0.29) is 12.4 Å². The zero-order valence-electron chi connectivity index (χ0n) is 13.1. The summed E-state index contributed by atoms with van der Waals surface area (Å²) in [5, 5.41) is 16.1. The quantitative estimate of drug-likeness (QED) is 0.765. The summed E-state index contributed by atoms with van der Waals surface area (Å²) in [6.45, 7) is 0.272. The van der Waals surface area contributed by atoms with Gasteiger partial charge in [-0.3, -0.25) is 0 Å². The molecule has 3 heterocycles. The SMILES string of the molecule is O=C(Nc1ccc(F)cc1)N[C@H]1[C@H](O)[C@@H](n2ccnc2)[C@@H]2OC[C@H]1O2. The van der Waals surface area contributed by atoms with Crippen molar-refractivity contribution in [2.45, 2.75) is 30.6 Å². The highest BCUT2D eigenvalue weighted by atomic mass is 19.1. The minimum absolute atomic E-state index is 0.272. The number of fused-ring (bicyclic) bond motifs is 2. The predicted octanol–water partition coefficient (Wildman–Crippen LogP) is 0.870. The van der Waals surface area contributed by atoms with E-state index in [1.807, 2.05) is 0 Å². The Hall–Kier alpha value is -2.49. The van der Waals surface area contributed by atoms with Crippen LogP contribution in [0.25, 0.3) is 0 Å². The van der Waals surface area contributed by atoms with Gasteiger partial charge in [-0.1, -0.05) is 0 Å². The average Bonchev–Trinajstić information content (AvgIpc) is 3.25. The van der Waals surface area contributed by atoms with E-state index in [0.29, 0.717) is 5.69 Å². The summed E-state index contributed by atoms with van der Waals surface area (Å²) >= 11 is 0. The van der Waals surface area contributed by atoms with Crippen LogP contribution in [0.2, 0.25) is 0 Å². The topological polar surface area (TPSA) is 97.6 Å². The summed E-state index contributed by atoms with van der Waals surface area (Å²) in [6, 6.07) is 3.70. The van der Waals surface area contributed by atoms with E-state index in [0.717, 1.165) is 0 Å². The lowest BCUT2D eigenvalue weighted by Gasteiger charge is -2.38. The standard InChI is InChI=1S/C16H17FN4O4/c17-9-1-3-10(4-2-9)19-16(23)20-12-11-7-24-15(25-11)13(14(12)22)21-6-5-18-8-21/h1-6,8,11-15,22H,7H2,(H2,19,20,23)/t11-,12-,13-,14+,15-/m1/s1. The first-order chi connectivity index (χ1) is 12.1. The number of aromatic nitrogens is 2. The highest BCUT2D eigenvalue weighted by Gasteiger charge is 2.51. The number of nitrogens with zero attached hydrogens (tertiary/aromatic N) is 2. The van der Waals surface area contributed by atoms with Crippen molar-refractivity contribution in [2.24, 2.45) is 0 Å². The van der Waals surface area contributed by atoms with E-state index >= 15 is 0 Å². The van der Waals surface area contributed by atoms with Gasteiger partial charge in [0.15, 0.2) is 6.29 Å². The molecule has 2 amide bonds. The number of carbonyl (C=O) groups is 1. The number of nitrogens with one attached hydrogen (secondary N) is 2. The zero-order chi connectivity index (χ0) is 17.4. The molecule has 25 heavy (non-hydrogen) atoms. The van der Waals surface area contributed by atoms with Gasteiger partial charge in [0, 0.05) is 18.1 Å². The number of carbonyl (C=O) groups excluding carboxylic acids is 1. The largest absolute Gasteiger partial charge is 0.388 e. The monoisotopic (exact) mass is 348 g/mol. The van der Waals surface area contributed by atoms with Gasteiger partial charge in [0.05, 0.1) is 19.0 Å². The molecule has 0 saturated carbocycles. The number of ether oxygens (including phenoxy) is 2. The molecule has 2 aliphatic heterocycles. The number of hydrogen-bond donors (Lipinski definition) is 3. The van der Waals surface area contributed by atoms with Crippen LogP contribution in [0, 0.1) is 5.82 Å². The number of amides is 2. The Morgan fingerprint density at radius 2 is 2.16 bits per heavy atom. The second kappa shape index (κ2) is 6.43. The third-order valence-electron chi connectivity index (χ3n) is 4.40. The highest BCUT2D eigenvalue weighted by Crippen LogP contribution is 2.35. The van der Waals surface area contributed by atoms with Crippen LogP contribution in [0.3, 0.4) is 0 Å². The van der Waals surface area contributed by atoms with E-state index in [9.17, 15) is 14.3 Å². The van der Waals surface area contributed by atoms with Crippen LogP contribution in [-0.2, 0) is 9.47 Å². The van der Waals surface area contributed by atoms with Gasteiger partial charge in [0.25, 0.3) is 0 Å². The molecule has 5 atom stereocenters. The molecule has 4 rings (SSSR count). The van der Waals surface area contributed by atoms with Gasteiger partial charge in [-0.25, -0.2) is 14.2 Å². The Kier molecular flexibility index (Phi) is 4.12. The number of anilines is 1. The average molecular weight is 348 g/mol. The molecule has 0 aliphatic carbocycles. The number of hydrogen-bond acceptors (Lipinski definition) is 5. The lowest BCUT2D eigenvalue weighted by atomic mass is 9.96. The minimum atomic E-state index is -0.917. The maximum Gasteiger partial charge on any atom is 0.319 e. The van der Waals surface area contributed by atoms with Crippen molar-refractivity contribution < 1.29 is 23.8 Å². The van der Waals surface area contributed by atoms with Crippen LogP contribution in [0.5, 0.6) is 0 Å². The fraction of sp³-hybridized carbons (Fsp3) is 0.375. The van der Waals surface area contributed by atoms with Crippen LogP contribution in [0.4, 0.5) is 14.9 Å². The van der Waals surface area contributed by atoms with Crippen molar-refractivity contribution in [3.05, 3.63) is 48.8 Å². The van der Waals surface area contributed by atoms with Crippen LogP contribution < -0.4 is 10.6 Å². The number of aliphatic hydroxyl groups is 1. The smallest absolute Gasteiger partial charge is 0.319 e. The molecular weight excluding hydrogens is 331 g/mol. The maximum atomic E-state index is 12.9. The molecule has 1 aromatic carbocycles. The first-order valence-corrected chi connectivity index (χ1v) is 7.87. The van der Waals surface area contributed by atoms with Crippen molar-refractivity contribution in [3.8, 4) is 0 Å². The fourth-order valence-corrected chi connectivity index (χ4v) is 3.19. The van der Waals surface area contributed by atoms with Crippen molar-refractivity contribution in [1.29, 1.82) is 0 Å². The molecule has 8 nitrogen and oxygen atoms in total. The second-order valence-electron chi connectivity index (χ2n) is 6.00. The Labute approximate surface area is 142 Å². The number of aliphatic hydroxyl groups excluding tert-OH is 1. The fourth-order valence-electron chi connectivity index (χ4n) is 3.19. The molecule has 2 saturated heterocycles. The van der Waals surface area contributed by atoms with Gasteiger partial charge in [-0.05, 0) is 24.3 Å². The predicted molar refractivity (Wildman–Crippen MR) is 84.2 cm³/mol. The lowest BCUT2D eigenvalue weighted by Crippen LogP contribution is -2.59. The number of halogens is 1. The van der Waals surface area contributed by atoms with Gasteiger partial charge < -0.3 is 29.8 Å². The van der Waals surface area contributed by atoms with E-state index in [2.05, 4.69) is 15.6 Å². The molecule has 2 aliphatic rings.